The van der Waals surface area contributed by atoms with Crippen LogP contribution in [0, 0.1) is 0 Å². The lowest BCUT2D eigenvalue weighted by atomic mass is 10.2. The van der Waals surface area contributed by atoms with Crippen molar-refractivity contribution in [1.29, 1.82) is 0 Å². The van der Waals surface area contributed by atoms with Crippen molar-refractivity contribution in [2.75, 3.05) is 13.7 Å². The van der Waals surface area contributed by atoms with E-state index in [-0.39, 0.29) is 5.91 Å². The zero-order valence-electron chi connectivity index (χ0n) is 13.7. The summed E-state index contributed by atoms with van der Waals surface area (Å²) in [5, 5.41) is 2.84. The maximum Gasteiger partial charge on any atom is 0.244 e. The van der Waals surface area contributed by atoms with Crippen molar-refractivity contribution in [3.8, 4) is 11.5 Å². The Balaban J connectivity index is 1.82. The summed E-state index contributed by atoms with van der Waals surface area (Å²) in [6, 6.07) is 15.1. The number of hydrogen-bond acceptors (Lipinski definition) is 3. The van der Waals surface area contributed by atoms with Crippen LogP contribution in [0.3, 0.4) is 0 Å². The third-order valence-electron chi connectivity index (χ3n) is 3.30. The summed E-state index contributed by atoms with van der Waals surface area (Å²) in [6.07, 6.45) is 4.98. The zero-order chi connectivity index (χ0) is 17.2. The quantitative estimate of drug-likeness (QED) is 0.596. The minimum Gasteiger partial charge on any atom is -0.497 e. The van der Waals surface area contributed by atoms with Crippen molar-refractivity contribution < 1.29 is 14.3 Å². The molecule has 2 aromatic rings. The summed E-state index contributed by atoms with van der Waals surface area (Å²) in [5.41, 5.74) is 1.95. The first kappa shape index (κ1) is 17.3. The maximum atomic E-state index is 11.9. The predicted molar refractivity (Wildman–Crippen MR) is 96.0 cm³/mol. The van der Waals surface area contributed by atoms with Gasteiger partial charge in [-0.15, -0.1) is 0 Å². The van der Waals surface area contributed by atoms with Gasteiger partial charge in [-0.25, -0.2) is 0 Å². The predicted octanol–water partition coefficient (Wildman–Crippen LogP) is 3.59. The van der Waals surface area contributed by atoms with Crippen LogP contribution in [0.4, 0.5) is 0 Å². The van der Waals surface area contributed by atoms with E-state index >= 15 is 0 Å². The van der Waals surface area contributed by atoms with E-state index in [0.29, 0.717) is 13.2 Å². The molecule has 0 saturated heterocycles. The molecule has 2 aromatic carbocycles. The van der Waals surface area contributed by atoms with Crippen molar-refractivity contribution >= 4 is 12.0 Å². The average Bonchev–Trinajstić information content (AvgIpc) is 2.64. The number of benzene rings is 2. The highest BCUT2D eigenvalue weighted by atomic mass is 16.5. The smallest absolute Gasteiger partial charge is 0.244 e. The summed E-state index contributed by atoms with van der Waals surface area (Å²) in [6.45, 7) is 4.55. The molecule has 0 fully saturated rings. The van der Waals surface area contributed by atoms with Crippen LogP contribution in [-0.4, -0.2) is 19.6 Å². The first-order valence-corrected chi connectivity index (χ1v) is 7.64. The molecule has 4 nitrogen and oxygen atoms in total. The summed E-state index contributed by atoms with van der Waals surface area (Å²) < 4.78 is 10.5. The SMILES string of the molecule is C=CCOc1ccc(/C=C/C(=O)NCc2ccc(OC)cc2)cc1. The molecule has 0 radical (unpaired) electrons. The Hall–Kier alpha value is -3.01. The van der Waals surface area contributed by atoms with E-state index in [1.54, 1.807) is 19.3 Å². The van der Waals surface area contributed by atoms with E-state index in [4.69, 9.17) is 9.47 Å². The second-order valence-electron chi connectivity index (χ2n) is 5.07. The Morgan fingerprint density at radius 3 is 2.38 bits per heavy atom. The van der Waals surface area contributed by atoms with Crippen LogP contribution < -0.4 is 14.8 Å². The standard InChI is InChI=1S/C20H21NO3/c1-3-14-24-19-11-4-16(5-12-19)8-13-20(22)21-15-17-6-9-18(23-2)10-7-17/h3-13H,1,14-15H2,2H3,(H,21,22)/b13-8+. The van der Waals surface area contributed by atoms with Crippen LogP contribution in [0.2, 0.25) is 0 Å². The van der Waals surface area contributed by atoms with Crippen molar-refractivity contribution in [3.05, 3.63) is 78.4 Å². The maximum absolute atomic E-state index is 11.9. The number of rotatable bonds is 8. The molecule has 24 heavy (non-hydrogen) atoms. The molecule has 124 valence electrons. The molecule has 0 spiro atoms. The molecule has 0 aliphatic carbocycles. The summed E-state index contributed by atoms with van der Waals surface area (Å²) >= 11 is 0. The van der Waals surface area contributed by atoms with Gasteiger partial charge in [0, 0.05) is 12.6 Å². The van der Waals surface area contributed by atoms with E-state index in [1.165, 1.54) is 6.08 Å². The van der Waals surface area contributed by atoms with Crippen LogP contribution in [0.5, 0.6) is 11.5 Å². The number of ether oxygens (including phenoxy) is 2. The summed E-state index contributed by atoms with van der Waals surface area (Å²) in [7, 11) is 1.62. The first-order valence-electron chi connectivity index (χ1n) is 7.64. The Morgan fingerprint density at radius 1 is 1.08 bits per heavy atom. The van der Waals surface area contributed by atoms with Crippen LogP contribution in [0.1, 0.15) is 11.1 Å². The highest BCUT2D eigenvalue weighted by Gasteiger charge is 1.98. The van der Waals surface area contributed by atoms with Gasteiger partial charge in [0.2, 0.25) is 5.91 Å². The van der Waals surface area contributed by atoms with Gasteiger partial charge in [-0.2, -0.15) is 0 Å². The fourth-order valence-corrected chi connectivity index (χ4v) is 1.99. The molecule has 0 aromatic heterocycles. The molecule has 2 rings (SSSR count). The molecule has 0 aliphatic rings. The summed E-state index contributed by atoms with van der Waals surface area (Å²) in [5.74, 6) is 1.43. The highest BCUT2D eigenvalue weighted by molar-refractivity contribution is 5.91. The number of amides is 1. The van der Waals surface area contributed by atoms with Crippen molar-refractivity contribution in [2.24, 2.45) is 0 Å². The van der Waals surface area contributed by atoms with Crippen LogP contribution in [-0.2, 0) is 11.3 Å². The van der Waals surface area contributed by atoms with Gasteiger partial charge in [0.15, 0.2) is 0 Å². The molecule has 0 bridgehead atoms. The molecule has 4 heteroatoms. The monoisotopic (exact) mass is 323 g/mol. The molecule has 1 amide bonds. The lowest BCUT2D eigenvalue weighted by Crippen LogP contribution is -2.20. The lowest BCUT2D eigenvalue weighted by Gasteiger charge is -2.04. The molecule has 1 N–H and O–H groups in total. The number of hydrogen-bond donors (Lipinski definition) is 1. The number of nitrogens with one attached hydrogen (secondary N) is 1. The Kier molecular flexibility index (Phi) is 6.65. The minimum absolute atomic E-state index is 0.141. The Labute approximate surface area is 142 Å². The Morgan fingerprint density at radius 2 is 1.75 bits per heavy atom. The van der Waals surface area contributed by atoms with Crippen LogP contribution in [0.15, 0.2) is 67.3 Å². The largest absolute Gasteiger partial charge is 0.497 e. The van der Waals surface area contributed by atoms with Gasteiger partial charge >= 0.3 is 0 Å². The van der Waals surface area contributed by atoms with Gasteiger partial charge in [0.1, 0.15) is 18.1 Å². The molecule has 0 atom stereocenters. The van der Waals surface area contributed by atoms with E-state index in [9.17, 15) is 4.79 Å². The van der Waals surface area contributed by atoms with E-state index in [1.807, 2.05) is 48.5 Å². The fraction of sp³-hybridized carbons (Fsp3) is 0.150. The van der Waals surface area contributed by atoms with Crippen molar-refractivity contribution in [2.45, 2.75) is 6.54 Å². The third kappa shape index (κ3) is 5.65. The van der Waals surface area contributed by atoms with Gasteiger partial charge in [-0.3, -0.25) is 4.79 Å². The van der Waals surface area contributed by atoms with Gasteiger partial charge in [-0.05, 0) is 41.5 Å². The topological polar surface area (TPSA) is 47.6 Å². The van der Waals surface area contributed by atoms with Crippen molar-refractivity contribution in [1.82, 2.24) is 5.32 Å². The van der Waals surface area contributed by atoms with Crippen LogP contribution in [0.25, 0.3) is 6.08 Å². The molecular weight excluding hydrogens is 302 g/mol. The molecule has 0 saturated carbocycles. The van der Waals surface area contributed by atoms with Gasteiger partial charge in [0.05, 0.1) is 7.11 Å². The first-order chi connectivity index (χ1) is 11.7. The number of methoxy groups -OCH3 is 1. The normalized spacial score (nSPS) is 10.4. The van der Waals surface area contributed by atoms with E-state index < -0.39 is 0 Å². The van der Waals surface area contributed by atoms with E-state index in [2.05, 4.69) is 11.9 Å². The minimum atomic E-state index is -0.141. The average molecular weight is 323 g/mol. The molecule has 0 aliphatic heterocycles. The molecule has 0 unspecified atom stereocenters. The molecule has 0 heterocycles. The van der Waals surface area contributed by atoms with E-state index in [0.717, 1.165) is 22.6 Å². The Bertz CT molecular complexity index is 688. The lowest BCUT2D eigenvalue weighted by molar-refractivity contribution is -0.116. The molecular formula is C20H21NO3. The fourth-order valence-electron chi connectivity index (χ4n) is 1.99. The second kappa shape index (κ2) is 9.20. The van der Waals surface area contributed by atoms with Gasteiger partial charge in [-0.1, -0.05) is 36.9 Å². The van der Waals surface area contributed by atoms with Crippen LogP contribution >= 0.6 is 0 Å². The highest BCUT2D eigenvalue weighted by Crippen LogP contribution is 2.13. The zero-order valence-corrected chi connectivity index (χ0v) is 13.7. The van der Waals surface area contributed by atoms with Gasteiger partial charge < -0.3 is 14.8 Å². The number of carbonyl (C=O) groups excluding carboxylic acids is 1. The van der Waals surface area contributed by atoms with Crippen molar-refractivity contribution in [3.63, 3.8) is 0 Å². The van der Waals surface area contributed by atoms with Gasteiger partial charge in [0.25, 0.3) is 0 Å². The number of carbonyl (C=O) groups is 1. The second-order valence-corrected chi connectivity index (χ2v) is 5.07. The third-order valence-corrected chi connectivity index (χ3v) is 3.30. The summed E-state index contributed by atoms with van der Waals surface area (Å²) in [4.78, 5) is 11.9.